The fraction of sp³-hybridized carbons (Fsp3) is 0.429. The van der Waals surface area contributed by atoms with Gasteiger partial charge in [0.05, 0.1) is 6.54 Å². The lowest BCUT2D eigenvalue weighted by Crippen LogP contribution is -2.57. The van der Waals surface area contributed by atoms with Gasteiger partial charge < -0.3 is 20.1 Å². The number of rotatable bonds is 3. The molecule has 2 N–H and O–H groups in total. The Labute approximate surface area is 116 Å². The summed E-state index contributed by atoms with van der Waals surface area (Å²) in [7, 11) is 0. The van der Waals surface area contributed by atoms with Gasteiger partial charge in [-0.05, 0) is 5.56 Å². The van der Waals surface area contributed by atoms with Crippen LogP contribution in [0.4, 0.5) is 9.59 Å². The Balaban J connectivity index is 1.39. The molecule has 2 amide bonds. The van der Waals surface area contributed by atoms with Gasteiger partial charge in [0.15, 0.2) is 0 Å². The Bertz CT molecular complexity index is 511. The van der Waals surface area contributed by atoms with Crippen LogP contribution in [0.3, 0.4) is 0 Å². The van der Waals surface area contributed by atoms with E-state index in [9.17, 15) is 9.59 Å². The smallest absolute Gasteiger partial charge is 0.407 e. The zero-order valence-electron chi connectivity index (χ0n) is 10.9. The molecule has 6 heteroatoms. The summed E-state index contributed by atoms with van der Waals surface area (Å²) in [6.45, 7) is 0.768. The number of ether oxygens (including phenoxy) is 2. The summed E-state index contributed by atoms with van der Waals surface area (Å²) in [6.07, 6.45) is 0.444. The number of nitrogens with one attached hydrogen (secondary N) is 2. The predicted molar refractivity (Wildman–Crippen MR) is 70.0 cm³/mol. The molecule has 0 bridgehead atoms. The monoisotopic (exact) mass is 276 g/mol. The van der Waals surface area contributed by atoms with E-state index in [1.165, 1.54) is 0 Å². The molecule has 1 aliphatic carbocycles. The molecule has 0 aromatic heterocycles. The molecule has 1 aliphatic heterocycles. The molecule has 1 heterocycles. The van der Waals surface area contributed by atoms with Crippen LogP contribution in [0.2, 0.25) is 0 Å². The van der Waals surface area contributed by atoms with Gasteiger partial charge in [-0.15, -0.1) is 0 Å². The highest BCUT2D eigenvalue weighted by atomic mass is 16.6. The third-order valence-corrected chi connectivity index (χ3v) is 3.64. The van der Waals surface area contributed by atoms with Gasteiger partial charge in [-0.25, -0.2) is 9.59 Å². The number of carbonyl (C=O) groups is 2. The topological polar surface area (TPSA) is 76.7 Å². The van der Waals surface area contributed by atoms with Crippen molar-refractivity contribution in [1.29, 1.82) is 0 Å². The third-order valence-electron chi connectivity index (χ3n) is 3.64. The number of alkyl carbamates (subject to hydrolysis) is 2. The molecule has 1 aromatic rings. The Morgan fingerprint density at radius 1 is 1.40 bits per heavy atom. The van der Waals surface area contributed by atoms with E-state index in [0.29, 0.717) is 19.4 Å². The lowest BCUT2D eigenvalue weighted by atomic mass is 9.76. The van der Waals surface area contributed by atoms with E-state index in [0.717, 1.165) is 5.56 Å². The highest BCUT2D eigenvalue weighted by Gasteiger charge is 2.51. The van der Waals surface area contributed by atoms with E-state index in [-0.39, 0.29) is 18.7 Å². The van der Waals surface area contributed by atoms with E-state index >= 15 is 0 Å². The highest BCUT2D eigenvalue weighted by molar-refractivity contribution is 5.71. The van der Waals surface area contributed by atoms with Crippen molar-refractivity contribution in [2.24, 2.45) is 0 Å². The average Bonchev–Trinajstić information content (AvgIpc) is 2.79. The van der Waals surface area contributed by atoms with Crippen molar-refractivity contribution < 1.29 is 19.1 Å². The van der Waals surface area contributed by atoms with Crippen molar-refractivity contribution in [2.45, 2.75) is 31.1 Å². The largest absolute Gasteiger partial charge is 0.445 e. The molecular formula is C14H16N2O4. The summed E-state index contributed by atoms with van der Waals surface area (Å²) < 4.78 is 10.3. The number of amides is 2. The lowest BCUT2D eigenvalue weighted by molar-refractivity contribution is -0.0287. The Hall–Kier alpha value is -2.24. The third kappa shape index (κ3) is 2.68. The van der Waals surface area contributed by atoms with Crippen molar-refractivity contribution in [3.05, 3.63) is 35.9 Å². The summed E-state index contributed by atoms with van der Waals surface area (Å²) in [5.41, 5.74) is 0.524. The van der Waals surface area contributed by atoms with Crippen LogP contribution in [0.15, 0.2) is 30.3 Å². The molecule has 2 aliphatic rings. The van der Waals surface area contributed by atoms with Crippen LogP contribution in [0.25, 0.3) is 0 Å². The van der Waals surface area contributed by atoms with Crippen molar-refractivity contribution in [3.8, 4) is 0 Å². The zero-order valence-corrected chi connectivity index (χ0v) is 10.9. The predicted octanol–water partition coefficient (Wildman–Crippen LogP) is 1.55. The molecule has 1 aromatic carbocycles. The molecular weight excluding hydrogens is 260 g/mol. The summed E-state index contributed by atoms with van der Waals surface area (Å²) in [5.74, 6) is 0. The molecule has 3 rings (SSSR count). The molecule has 1 saturated carbocycles. The van der Waals surface area contributed by atoms with Crippen LogP contribution in [0.1, 0.15) is 18.4 Å². The first-order chi connectivity index (χ1) is 9.65. The maximum atomic E-state index is 11.6. The molecule has 20 heavy (non-hydrogen) atoms. The van der Waals surface area contributed by atoms with E-state index < -0.39 is 11.7 Å². The zero-order chi connectivity index (χ0) is 14.0. The van der Waals surface area contributed by atoms with Crippen LogP contribution in [0, 0.1) is 0 Å². The van der Waals surface area contributed by atoms with Gasteiger partial charge >= 0.3 is 12.2 Å². The van der Waals surface area contributed by atoms with E-state index in [1.54, 1.807) is 0 Å². The first kappa shape index (κ1) is 12.8. The van der Waals surface area contributed by atoms with Gasteiger partial charge in [-0.3, -0.25) is 0 Å². The summed E-state index contributed by atoms with van der Waals surface area (Å²) in [6, 6.07) is 9.51. The average molecular weight is 276 g/mol. The van der Waals surface area contributed by atoms with Crippen LogP contribution in [-0.4, -0.2) is 30.4 Å². The standard InChI is InChI=1S/C14H16N2O4/c17-12-15-9-14(20-12)6-11(7-14)16-13(18)19-8-10-4-2-1-3-5-10/h1-5,11H,6-9H2,(H,15,17)(H,16,18). The van der Waals surface area contributed by atoms with Gasteiger partial charge in [0.25, 0.3) is 0 Å². The van der Waals surface area contributed by atoms with E-state index in [4.69, 9.17) is 9.47 Å². The van der Waals surface area contributed by atoms with Crippen molar-refractivity contribution >= 4 is 12.2 Å². The normalized spacial score (nSPS) is 27.4. The molecule has 106 valence electrons. The van der Waals surface area contributed by atoms with Gasteiger partial charge in [0, 0.05) is 18.9 Å². The van der Waals surface area contributed by atoms with Gasteiger partial charge in [-0.1, -0.05) is 30.3 Å². The second kappa shape index (κ2) is 5.03. The number of hydrogen-bond acceptors (Lipinski definition) is 4. The molecule has 2 fully saturated rings. The first-order valence-corrected chi connectivity index (χ1v) is 6.59. The lowest BCUT2D eigenvalue weighted by Gasteiger charge is -2.42. The van der Waals surface area contributed by atoms with Gasteiger partial charge in [-0.2, -0.15) is 0 Å². The van der Waals surface area contributed by atoms with E-state index in [2.05, 4.69) is 10.6 Å². The fourth-order valence-corrected chi connectivity index (χ4v) is 2.60. The molecule has 0 radical (unpaired) electrons. The fourth-order valence-electron chi connectivity index (χ4n) is 2.60. The number of hydrogen-bond donors (Lipinski definition) is 2. The number of benzene rings is 1. The summed E-state index contributed by atoms with van der Waals surface area (Å²) in [4.78, 5) is 22.6. The molecule has 1 saturated heterocycles. The Kier molecular flexibility index (Phi) is 3.22. The Morgan fingerprint density at radius 3 is 2.80 bits per heavy atom. The van der Waals surface area contributed by atoms with E-state index in [1.807, 2.05) is 30.3 Å². The van der Waals surface area contributed by atoms with Gasteiger partial charge in [0.2, 0.25) is 0 Å². The second-order valence-electron chi connectivity index (χ2n) is 5.24. The van der Waals surface area contributed by atoms with Crippen molar-refractivity contribution in [2.75, 3.05) is 6.54 Å². The molecule has 1 spiro atoms. The summed E-state index contributed by atoms with van der Waals surface area (Å²) >= 11 is 0. The number of carbonyl (C=O) groups excluding carboxylic acids is 2. The molecule has 0 unspecified atom stereocenters. The van der Waals surface area contributed by atoms with Gasteiger partial charge in [0.1, 0.15) is 12.2 Å². The SMILES string of the molecule is O=C(NC1CC2(CNC(=O)O2)C1)OCc1ccccc1. The first-order valence-electron chi connectivity index (χ1n) is 6.59. The second-order valence-corrected chi connectivity index (χ2v) is 5.24. The van der Waals surface area contributed by atoms with Crippen molar-refractivity contribution in [1.82, 2.24) is 10.6 Å². The quantitative estimate of drug-likeness (QED) is 0.878. The molecule has 6 nitrogen and oxygen atoms in total. The Morgan fingerprint density at radius 2 is 2.15 bits per heavy atom. The maximum Gasteiger partial charge on any atom is 0.407 e. The van der Waals surface area contributed by atoms with Crippen LogP contribution in [-0.2, 0) is 16.1 Å². The van der Waals surface area contributed by atoms with Crippen LogP contribution < -0.4 is 10.6 Å². The summed E-state index contributed by atoms with van der Waals surface area (Å²) in [5, 5.41) is 5.40. The minimum Gasteiger partial charge on any atom is -0.445 e. The van der Waals surface area contributed by atoms with Crippen LogP contribution >= 0.6 is 0 Å². The molecule has 0 atom stereocenters. The minimum absolute atomic E-state index is 0.00553. The van der Waals surface area contributed by atoms with Crippen LogP contribution in [0.5, 0.6) is 0 Å². The maximum absolute atomic E-state index is 11.6. The highest BCUT2D eigenvalue weighted by Crippen LogP contribution is 2.38. The minimum atomic E-state index is -0.439. The van der Waals surface area contributed by atoms with Crippen molar-refractivity contribution in [3.63, 3.8) is 0 Å².